The number of rotatable bonds is 6. The summed E-state index contributed by atoms with van der Waals surface area (Å²) in [5.41, 5.74) is 17.8. The minimum absolute atomic E-state index is 0.254. The van der Waals surface area contributed by atoms with Gasteiger partial charge in [-0.1, -0.05) is 78.9 Å². The van der Waals surface area contributed by atoms with Gasteiger partial charge in [-0.25, -0.2) is 4.79 Å². The van der Waals surface area contributed by atoms with E-state index in [9.17, 15) is 4.79 Å². The molecule has 4 N–H and O–H groups in total. The van der Waals surface area contributed by atoms with E-state index in [1.54, 1.807) is 0 Å². The third-order valence-corrected chi connectivity index (χ3v) is 8.60. The number of carbonyl (C=O) groups is 1. The maximum Gasteiger partial charge on any atom is 0.338 e. The van der Waals surface area contributed by atoms with E-state index >= 15 is 0 Å². The van der Waals surface area contributed by atoms with Crippen LogP contribution in [0, 0.1) is 0 Å². The number of nitrogens with one attached hydrogen (secondary N) is 2. The van der Waals surface area contributed by atoms with Crippen molar-refractivity contribution < 1.29 is 9.53 Å². The average Bonchev–Trinajstić information content (AvgIpc) is 3.72. The Balaban J connectivity index is 0.000000171. The smallest absolute Gasteiger partial charge is 0.338 e. The molecule has 0 spiro atoms. The van der Waals surface area contributed by atoms with Crippen molar-refractivity contribution in [1.29, 1.82) is 0 Å². The molecule has 0 bridgehead atoms. The van der Waals surface area contributed by atoms with Gasteiger partial charge in [0.15, 0.2) is 0 Å². The van der Waals surface area contributed by atoms with Crippen molar-refractivity contribution >= 4 is 33.5 Å². The van der Waals surface area contributed by atoms with E-state index in [0.717, 1.165) is 22.3 Å². The second-order valence-electron chi connectivity index (χ2n) is 11.7. The molecule has 2 heterocycles. The number of anilines is 1. The lowest BCUT2D eigenvalue weighted by Gasteiger charge is -2.11. The Bertz CT molecular complexity index is 2100. The maximum absolute atomic E-state index is 12.4. The second kappa shape index (κ2) is 12.2. The molecule has 5 heteroatoms. The first kappa shape index (κ1) is 28.2. The van der Waals surface area contributed by atoms with Gasteiger partial charge in [0.2, 0.25) is 0 Å². The highest BCUT2D eigenvalue weighted by Gasteiger charge is 2.25. The molecule has 7 aromatic rings. The van der Waals surface area contributed by atoms with Crippen LogP contribution >= 0.6 is 0 Å². The second-order valence-corrected chi connectivity index (χ2v) is 11.7. The number of fused-ring (bicyclic) bond motifs is 2. The Hall–Kier alpha value is -5.55. The van der Waals surface area contributed by atoms with Gasteiger partial charge in [-0.15, -0.1) is 0 Å². The molecule has 45 heavy (non-hydrogen) atoms. The molecule has 1 aliphatic carbocycles. The van der Waals surface area contributed by atoms with Crippen LogP contribution in [0.5, 0.6) is 0 Å². The average molecular weight is 590 g/mol. The van der Waals surface area contributed by atoms with Crippen molar-refractivity contribution in [3.8, 4) is 22.3 Å². The van der Waals surface area contributed by atoms with Crippen LogP contribution in [-0.4, -0.2) is 23.0 Å². The van der Waals surface area contributed by atoms with Gasteiger partial charge >= 0.3 is 5.97 Å². The highest BCUT2D eigenvalue weighted by Crippen LogP contribution is 2.41. The molecule has 0 aliphatic heterocycles. The molecule has 8 rings (SSSR count). The van der Waals surface area contributed by atoms with E-state index in [1.807, 2.05) is 54.7 Å². The zero-order valence-corrected chi connectivity index (χ0v) is 25.2. The standard InChI is InChI=1S/C26H23NO2.C14H12N2/c1-29-26(28)22-15-20(18-8-9-18)10-11-21(22)13-17-7-12-25-23(14-17)24(16-27-25)19-5-3-2-4-6-19;15-11-6-7-14-12(8-11)13(9-16-14)10-4-2-1-3-5-10/h2-7,10-12,14-16,18,27H,8-9,13H2,1H3;1-9,16H,15H2. The van der Waals surface area contributed by atoms with E-state index in [2.05, 4.69) is 82.9 Å². The van der Waals surface area contributed by atoms with E-state index in [1.165, 1.54) is 64.1 Å². The van der Waals surface area contributed by atoms with Crippen LogP contribution in [-0.2, 0) is 11.2 Å². The number of nitrogen functional groups attached to an aromatic ring is 1. The van der Waals surface area contributed by atoms with Crippen LogP contribution < -0.4 is 5.73 Å². The molecule has 1 fully saturated rings. The van der Waals surface area contributed by atoms with Gasteiger partial charge in [0.05, 0.1) is 12.7 Å². The minimum Gasteiger partial charge on any atom is -0.465 e. The number of methoxy groups -OCH3 is 1. The summed E-state index contributed by atoms with van der Waals surface area (Å²) in [5.74, 6) is 0.354. The van der Waals surface area contributed by atoms with E-state index in [0.29, 0.717) is 17.9 Å². The fourth-order valence-corrected chi connectivity index (χ4v) is 6.07. The quantitative estimate of drug-likeness (QED) is 0.133. The van der Waals surface area contributed by atoms with Crippen LogP contribution in [0.3, 0.4) is 0 Å². The van der Waals surface area contributed by atoms with Gasteiger partial charge < -0.3 is 20.4 Å². The van der Waals surface area contributed by atoms with Crippen molar-refractivity contribution in [2.24, 2.45) is 0 Å². The van der Waals surface area contributed by atoms with Crippen LogP contribution in [0.1, 0.15) is 45.8 Å². The van der Waals surface area contributed by atoms with E-state index < -0.39 is 0 Å². The topological polar surface area (TPSA) is 83.9 Å². The number of hydrogen-bond acceptors (Lipinski definition) is 3. The minimum atomic E-state index is -0.254. The monoisotopic (exact) mass is 589 g/mol. The predicted molar refractivity (Wildman–Crippen MR) is 184 cm³/mol. The van der Waals surface area contributed by atoms with Crippen LogP contribution in [0.15, 0.2) is 128 Å². The van der Waals surface area contributed by atoms with Crippen LogP contribution in [0.4, 0.5) is 5.69 Å². The maximum atomic E-state index is 12.4. The molecule has 0 amide bonds. The molecule has 222 valence electrons. The van der Waals surface area contributed by atoms with Gasteiger partial charge in [0, 0.05) is 51.0 Å². The molecule has 0 radical (unpaired) electrons. The predicted octanol–water partition coefficient (Wildman–Crippen LogP) is 9.51. The van der Waals surface area contributed by atoms with Crippen LogP contribution in [0.2, 0.25) is 0 Å². The largest absolute Gasteiger partial charge is 0.465 e. The first-order valence-electron chi connectivity index (χ1n) is 15.4. The Morgan fingerprint density at radius 2 is 1.33 bits per heavy atom. The molecule has 0 unspecified atom stereocenters. The Labute approximate surface area is 262 Å². The van der Waals surface area contributed by atoms with E-state index in [-0.39, 0.29) is 5.97 Å². The lowest BCUT2D eigenvalue weighted by atomic mass is 9.95. The highest BCUT2D eigenvalue weighted by molar-refractivity contribution is 5.97. The van der Waals surface area contributed by atoms with Crippen molar-refractivity contribution in [3.63, 3.8) is 0 Å². The summed E-state index contributed by atoms with van der Waals surface area (Å²) in [6.07, 6.45) is 7.22. The number of esters is 1. The molecule has 5 aromatic carbocycles. The summed E-state index contributed by atoms with van der Waals surface area (Å²) in [7, 11) is 1.45. The number of aromatic amines is 2. The summed E-state index contributed by atoms with van der Waals surface area (Å²) in [5, 5.41) is 2.37. The summed E-state index contributed by atoms with van der Waals surface area (Å²) in [4.78, 5) is 19.0. The first-order chi connectivity index (χ1) is 22.1. The Morgan fingerprint density at radius 3 is 1.93 bits per heavy atom. The summed E-state index contributed by atoms with van der Waals surface area (Å²) in [6, 6.07) is 39.4. The van der Waals surface area contributed by atoms with Gasteiger partial charge in [0.25, 0.3) is 0 Å². The number of nitrogens with two attached hydrogens (primary N) is 1. The third kappa shape index (κ3) is 5.98. The normalized spacial score (nSPS) is 12.6. The number of carbonyl (C=O) groups excluding carboxylic acids is 1. The molecular formula is C40H35N3O2. The molecule has 0 atom stereocenters. The van der Waals surface area contributed by atoms with Gasteiger partial charge in [-0.05, 0) is 89.4 Å². The molecule has 0 saturated heterocycles. The lowest BCUT2D eigenvalue weighted by molar-refractivity contribution is 0.0599. The summed E-state index contributed by atoms with van der Waals surface area (Å²) < 4.78 is 5.06. The summed E-state index contributed by atoms with van der Waals surface area (Å²) in [6.45, 7) is 0. The zero-order chi connectivity index (χ0) is 30.8. The molecular weight excluding hydrogens is 554 g/mol. The number of H-pyrrole nitrogens is 2. The Kier molecular flexibility index (Phi) is 7.66. The molecule has 1 aliphatic rings. The number of ether oxygens (including phenoxy) is 1. The SMILES string of the molecule is COC(=O)c1cc(C2CC2)ccc1Cc1ccc2[nH]cc(-c3ccccc3)c2c1.Nc1ccc2[nH]cc(-c3ccccc3)c2c1. The van der Waals surface area contributed by atoms with Crippen LogP contribution in [0.25, 0.3) is 44.1 Å². The molecule has 1 saturated carbocycles. The van der Waals surface area contributed by atoms with Crippen molar-refractivity contribution in [2.75, 3.05) is 12.8 Å². The lowest BCUT2D eigenvalue weighted by Crippen LogP contribution is -2.07. The summed E-state index contributed by atoms with van der Waals surface area (Å²) >= 11 is 0. The first-order valence-corrected chi connectivity index (χ1v) is 15.4. The van der Waals surface area contributed by atoms with Crippen molar-refractivity contribution in [1.82, 2.24) is 9.97 Å². The molecule has 5 nitrogen and oxygen atoms in total. The van der Waals surface area contributed by atoms with Gasteiger partial charge in [-0.3, -0.25) is 0 Å². The Morgan fingerprint density at radius 1 is 0.733 bits per heavy atom. The van der Waals surface area contributed by atoms with Crippen molar-refractivity contribution in [2.45, 2.75) is 25.2 Å². The highest BCUT2D eigenvalue weighted by atomic mass is 16.5. The fourth-order valence-electron chi connectivity index (χ4n) is 6.07. The van der Waals surface area contributed by atoms with E-state index in [4.69, 9.17) is 10.5 Å². The van der Waals surface area contributed by atoms with Crippen molar-refractivity contribution in [3.05, 3.63) is 150 Å². The number of hydrogen-bond donors (Lipinski definition) is 3. The van der Waals surface area contributed by atoms with Gasteiger partial charge in [0.1, 0.15) is 0 Å². The zero-order valence-electron chi connectivity index (χ0n) is 25.2. The number of aromatic nitrogens is 2. The fraction of sp³-hybridized carbons (Fsp3) is 0.125. The molecule has 2 aromatic heterocycles. The van der Waals surface area contributed by atoms with Gasteiger partial charge in [-0.2, -0.15) is 0 Å². The number of benzene rings is 5. The third-order valence-electron chi connectivity index (χ3n) is 8.60.